The van der Waals surface area contributed by atoms with Gasteiger partial charge in [0.2, 0.25) is 0 Å². The fourth-order valence-corrected chi connectivity index (χ4v) is 2.04. The van der Waals surface area contributed by atoms with Crippen LogP contribution in [0.25, 0.3) is 0 Å². The Morgan fingerprint density at radius 2 is 2.00 bits per heavy atom. The number of carbonyl (C=O) groups is 1. The first-order valence-electron chi connectivity index (χ1n) is 6.20. The van der Waals surface area contributed by atoms with Gasteiger partial charge in [-0.15, -0.1) is 0 Å². The molecule has 17 heavy (non-hydrogen) atoms. The van der Waals surface area contributed by atoms with E-state index in [0.29, 0.717) is 12.6 Å². The molecule has 0 fully saturated rings. The number of benzene rings is 1. The summed E-state index contributed by atoms with van der Waals surface area (Å²) in [5.41, 5.74) is 7.30. The summed E-state index contributed by atoms with van der Waals surface area (Å²) in [5.74, 6) is 0.0778. The van der Waals surface area contributed by atoms with Crippen LogP contribution in [-0.4, -0.2) is 23.9 Å². The van der Waals surface area contributed by atoms with E-state index >= 15 is 0 Å². The minimum Gasteiger partial charge on any atom is -0.339 e. The third-order valence-corrected chi connectivity index (χ3v) is 3.22. The Labute approximate surface area is 104 Å². The van der Waals surface area contributed by atoms with Gasteiger partial charge in [0.15, 0.2) is 0 Å². The highest BCUT2D eigenvalue weighted by Crippen LogP contribution is 2.12. The minimum atomic E-state index is 0.0778. The summed E-state index contributed by atoms with van der Waals surface area (Å²) in [4.78, 5) is 14.1. The van der Waals surface area contributed by atoms with Gasteiger partial charge in [-0.25, -0.2) is 0 Å². The minimum absolute atomic E-state index is 0.0778. The van der Waals surface area contributed by atoms with Gasteiger partial charge in [-0.05, 0) is 30.5 Å². The first-order chi connectivity index (χ1) is 8.13. The highest BCUT2D eigenvalue weighted by molar-refractivity contribution is 5.94. The normalized spacial score (nSPS) is 10.6. The van der Waals surface area contributed by atoms with Crippen LogP contribution in [0.5, 0.6) is 0 Å². The van der Waals surface area contributed by atoms with E-state index in [-0.39, 0.29) is 5.91 Å². The lowest BCUT2D eigenvalue weighted by Crippen LogP contribution is -2.36. The summed E-state index contributed by atoms with van der Waals surface area (Å²) in [5, 5.41) is 0. The molecule has 1 rings (SSSR count). The molecule has 0 aliphatic rings. The van der Waals surface area contributed by atoms with E-state index in [9.17, 15) is 4.79 Å². The van der Waals surface area contributed by atoms with Gasteiger partial charge in [0, 0.05) is 25.2 Å². The molecule has 3 nitrogen and oxygen atoms in total. The Morgan fingerprint density at radius 1 is 1.35 bits per heavy atom. The van der Waals surface area contributed by atoms with Crippen LogP contribution >= 0.6 is 0 Å². The zero-order valence-electron chi connectivity index (χ0n) is 10.9. The van der Waals surface area contributed by atoms with Crippen molar-refractivity contribution in [1.29, 1.82) is 0 Å². The molecule has 0 aromatic heterocycles. The van der Waals surface area contributed by atoms with Crippen molar-refractivity contribution < 1.29 is 4.79 Å². The molecule has 3 heteroatoms. The van der Waals surface area contributed by atoms with E-state index in [1.54, 1.807) is 0 Å². The average Bonchev–Trinajstić information content (AvgIpc) is 2.39. The van der Waals surface area contributed by atoms with Gasteiger partial charge in [0.25, 0.3) is 5.91 Å². The van der Waals surface area contributed by atoms with Crippen LogP contribution in [0.3, 0.4) is 0 Å². The molecule has 1 aromatic carbocycles. The lowest BCUT2D eigenvalue weighted by Gasteiger charge is -2.26. The molecular formula is C14H22N2O. The van der Waals surface area contributed by atoms with Crippen molar-refractivity contribution in [2.45, 2.75) is 39.3 Å². The van der Waals surface area contributed by atoms with Gasteiger partial charge < -0.3 is 10.6 Å². The summed E-state index contributed by atoms with van der Waals surface area (Å²) in [6.45, 7) is 4.68. The van der Waals surface area contributed by atoms with Gasteiger partial charge in [-0.3, -0.25) is 4.79 Å². The molecule has 0 aliphatic carbocycles. The average molecular weight is 234 g/mol. The molecule has 0 aliphatic heterocycles. The van der Waals surface area contributed by atoms with Gasteiger partial charge in [0.05, 0.1) is 0 Å². The summed E-state index contributed by atoms with van der Waals surface area (Å²) < 4.78 is 0. The fourth-order valence-electron chi connectivity index (χ4n) is 2.04. The quantitative estimate of drug-likeness (QED) is 0.850. The second kappa shape index (κ2) is 6.40. The number of hydrogen-bond acceptors (Lipinski definition) is 2. The molecule has 0 saturated heterocycles. The third-order valence-electron chi connectivity index (χ3n) is 3.22. The molecule has 0 unspecified atom stereocenters. The summed E-state index contributed by atoms with van der Waals surface area (Å²) >= 11 is 0. The Hall–Kier alpha value is -1.35. The molecule has 1 amide bonds. The van der Waals surface area contributed by atoms with E-state index in [4.69, 9.17) is 5.73 Å². The molecule has 0 saturated carbocycles. The number of hydrogen-bond donors (Lipinski definition) is 1. The third kappa shape index (κ3) is 3.30. The van der Waals surface area contributed by atoms with Crippen LogP contribution in [0.4, 0.5) is 0 Å². The van der Waals surface area contributed by atoms with Crippen LogP contribution in [0.15, 0.2) is 24.3 Å². The molecule has 1 aromatic rings. The molecule has 0 heterocycles. The highest BCUT2D eigenvalue weighted by atomic mass is 16.2. The van der Waals surface area contributed by atoms with Gasteiger partial charge in [0.1, 0.15) is 0 Å². The van der Waals surface area contributed by atoms with Crippen molar-refractivity contribution in [2.75, 3.05) is 7.05 Å². The molecule has 0 spiro atoms. The summed E-state index contributed by atoms with van der Waals surface area (Å²) in [6, 6.07) is 7.86. The predicted molar refractivity (Wildman–Crippen MR) is 70.8 cm³/mol. The maximum Gasteiger partial charge on any atom is 0.253 e. The van der Waals surface area contributed by atoms with Crippen LogP contribution < -0.4 is 5.73 Å². The van der Waals surface area contributed by atoms with Crippen molar-refractivity contribution in [1.82, 2.24) is 4.90 Å². The monoisotopic (exact) mass is 234 g/mol. The van der Waals surface area contributed by atoms with E-state index in [1.807, 2.05) is 36.2 Å². The predicted octanol–water partition coefficient (Wildman–Crippen LogP) is 2.41. The molecule has 0 atom stereocenters. The smallest absolute Gasteiger partial charge is 0.253 e. The Balaban J connectivity index is 2.87. The second-order valence-corrected chi connectivity index (χ2v) is 4.29. The number of nitrogens with two attached hydrogens (primary N) is 1. The number of nitrogens with zero attached hydrogens (tertiary/aromatic N) is 1. The van der Waals surface area contributed by atoms with Crippen LogP contribution in [0.2, 0.25) is 0 Å². The van der Waals surface area contributed by atoms with Gasteiger partial charge >= 0.3 is 0 Å². The van der Waals surface area contributed by atoms with Crippen molar-refractivity contribution in [3.8, 4) is 0 Å². The molecule has 0 bridgehead atoms. The molecule has 0 radical (unpaired) electrons. The van der Waals surface area contributed by atoms with Crippen LogP contribution in [0, 0.1) is 0 Å². The SMILES string of the molecule is CCC(CC)N(C)C(=O)c1cccc(CN)c1. The topological polar surface area (TPSA) is 46.3 Å². The summed E-state index contributed by atoms with van der Waals surface area (Å²) in [6.07, 6.45) is 1.96. The number of carbonyl (C=O) groups excluding carboxylic acids is 1. The highest BCUT2D eigenvalue weighted by Gasteiger charge is 2.18. The zero-order chi connectivity index (χ0) is 12.8. The van der Waals surface area contributed by atoms with Crippen LogP contribution in [0.1, 0.15) is 42.6 Å². The number of amides is 1. The summed E-state index contributed by atoms with van der Waals surface area (Å²) in [7, 11) is 1.87. The maximum atomic E-state index is 12.3. The van der Waals surface area contributed by atoms with E-state index in [2.05, 4.69) is 13.8 Å². The second-order valence-electron chi connectivity index (χ2n) is 4.29. The first-order valence-corrected chi connectivity index (χ1v) is 6.20. The molecule has 2 N–H and O–H groups in total. The Morgan fingerprint density at radius 3 is 2.53 bits per heavy atom. The number of rotatable bonds is 5. The lowest BCUT2D eigenvalue weighted by molar-refractivity contribution is 0.0723. The van der Waals surface area contributed by atoms with Gasteiger partial charge in [-0.2, -0.15) is 0 Å². The van der Waals surface area contributed by atoms with Crippen molar-refractivity contribution in [3.05, 3.63) is 35.4 Å². The maximum absolute atomic E-state index is 12.3. The molecular weight excluding hydrogens is 212 g/mol. The van der Waals surface area contributed by atoms with Crippen molar-refractivity contribution in [2.24, 2.45) is 5.73 Å². The van der Waals surface area contributed by atoms with Gasteiger partial charge in [-0.1, -0.05) is 26.0 Å². The lowest BCUT2D eigenvalue weighted by atomic mass is 10.1. The Bertz CT molecular complexity index is 372. The molecule has 94 valence electrons. The largest absolute Gasteiger partial charge is 0.339 e. The zero-order valence-corrected chi connectivity index (χ0v) is 10.9. The van der Waals surface area contributed by atoms with E-state index in [1.165, 1.54) is 0 Å². The van der Waals surface area contributed by atoms with Crippen molar-refractivity contribution in [3.63, 3.8) is 0 Å². The fraction of sp³-hybridized carbons (Fsp3) is 0.500. The van der Waals surface area contributed by atoms with Crippen LogP contribution in [-0.2, 0) is 6.54 Å². The Kier molecular flexibility index (Phi) is 5.16. The first kappa shape index (κ1) is 13.7. The van der Waals surface area contributed by atoms with Crippen molar-refractivity contribution >= 4 is 5.91 Å². The van der Waals surface area contributed by atoms with E-state index < -0.39 is 0 Å². The standard InChI is InChI=1S/C14H22N2O/c1-4-13(5-2)16(3)14(17)12-8-6-7-11(9-12)10-15/h6-9,13H,4-5,10,15H2,1-3H3. The van der Waals surface area contributed by atoms with E-state index in [0.717, 1.165) is 24.0 Å².